The summed E-state index contributed by atoms with van der Waals surface area (Å²) in [6.07, 6.45) is 8.74. The van der Waals surface area contributed by atoms with Crippen molar-refractivity contribution in [2.75, 3.05) is 0 Å². The molecule has 1 fully saturated rings. The largest absolute Gasteiger partial charge is 0.328 e. The first-order valence-corrected chi connectivity index (χ1v) is 7.02. The maximum atomic E-state index is 13.5. The highest BCUT2D eigenvalue weighted by Gasteiger charge is 2.20. The highest BCUT2D eigenvalue weighted by Crippen LogP contribution is 2.33. The van der Waals surface area contributed by atoms with E-state index in [-0.39, 0.29) is 5.82 Å². The summed E-state index contributed by atoms with van der Waals surface area (Å²) >= 11 is 3.33. The second-order valence-corrected chi connectivity index (χ2v) is 5.67. The van der Waals surface area contributed by atoms with Gasteiger partial charge in [-0.05, 0) is 31.0 Å². The molecule has 0 N–H and O–H groups in total. The van der Waals surface area contributed by atoms with E-state index >= 15 is 0 Å². The van der Waals surface area contributed by atoms with Gasteiger partial charge in [-0.15, -0.1) is 0 Å². The van der Waals surface area contributed by atoms with Crippen molar-refractivity contribution in [3.63, 3.8) is 0 Å². The molecule has 4 heteroatoms. The van der Waals surface area contributed by atoms with E-state index in [2.05, 4.69) is 25.5 Å². The van der Waals surface area contributed by atoms with Crippen LogP contribution in [-0.2, 0) is 0 Å². The smallest absolute Gasteiger partial charge is 0.140 e. The third-order valence-corrected chi connectivity index (χ3v) is 3.97. The SMILES string of the molecule is Fc1cc(Br)cc(-c2nccn2C2CCCC2)c1. The van der Waals surface area contributed by atoms with Crippen LogP contribution in [0.4, 0.5) is 4.39 Å². The maximum absolute atomic E-state index is 13.5. The number of rotatable bonds is 2. The average Bonchev–Trinajstić information content (AvgIpc) is 2.98. The molecule has 2 nitrogen and oxygen atoms in total. The van der Waals surface area contributed by atoms with Gasteiger partial charge in [0.25, 0.3) is 0 Å². The second-order valence-electron chi connectivity index (χ2n) is 4.75. The summed E-state index contributed by atoms with van der Waals surface area (Å²) in [5.41, 5.74) is 0.832. The van der Waals surface area contributed by atoms with Crippen LogP contribution in [0.15, 0.2) is 35.1 Å². The minimum absolute atomic E-state index is 0.236. The van der Waals surface area contributed by atoms with Gasteiger partial charge in [0.05, 0.1) is 0 Å². The number of hydrogen-bond donors (Lipinski definition) is 0. The molecule has 0 saturated heterocycles. The molecule has 1 saturated carbocycles. The van der Waals surface area contributed by atoms with Crippen molar-refractivity contribution in [2.24, 2.45) is 0 Å². The van der Waals surface area contributed by atoms with Gasteiger partial charge < -0.3 is 4.57 Å². The molecule has 0 unspecified atom stereocenters. The summed E-state index contributed by atoms with van der Waals surface area (Å²) in [7, 11) is 0. The Morgan fingerprint density at radius 1 is 1.22 bits per heavy atom. The Bertz CT molecular complexity index is 538. The van der Waals surface area contributed by atoms with E-state index < -0.39 is 0 Å². The van der Waals surface area contributed by atoms with Crippen LogP contribution in [0.2, 0.25) is 0 Å². The fourth-order valence-electron chi connectivity index (χ4n) is 2.70. The monoisotopic (exact) mass is 308 g/mol. The van der Waals surface area contributed by atoms with Crippen LogP contribution < -0.4 is 0 Å². The van der Waals surface area contributed by atoms with Gasteiger partial charge in [-0.25, -0.2) is 9.37 Å². The van der Waals surface area contributed by atoms with Crippen molar-refractivity contribution in [3.8, 4) is 11.4 Å². The van der Waals surface area contributed by atoms with Crippen molar-refractivity contribution in [2.45, 2.75) is 31.7 Å². The summed E-state index contributed by atoms with van der Waals surface area (Å²) in [4.78, 5) is 4.39. The van der Waals surface area contributed by atoms with Gasteiger partial charge in [-0.3, -0.25) is 0 Å². The summed E-state index contributed by atoms with van der Waals surface area (Å²) in [5, 5.41) is 0. The lowest BCUT2D eigenvalue weighted by Crippen LogP contribution is -2.05. The zero-order valence-electron chi connectivity index (χ0n) is 9.94. The number of halogens is 2. The van der Waals surface area contributed by atoms with Gasteiger partial charge in [0.15, 0.2) is 0 Å². The first kappa shape index (κ1) is 11.9. The highest BCUT2D eigenvalue weighted by molar-refractivity contribution is 9.10. The molecular weight excluding hydrogens is 295 g/mol. The highest BCUT2D eigenvalue weighted by atomic mass is 79.9. The van der Waals surface area contributed by atoms with Crippen LogP contribution >= 0.6 is 15.9 Å². The first-order chi connectivity index (χ1) is 8.74. The van der Waals surface area contributed by atoms with Gasteiger partial charge in [-0.2, -0.15) is 0 Å². The van der Waals surface area contributed by atoms with Crippen LogP contribution in [0.1, 0.15) is 31.7 Å². The molecule has 0 atom stereocenters. The first-order valence-electron chi connectivity index (χ1n) is 6.23. The fraction of sp³-hybridized carbons (Fsp3) is 0.357. The van der Waals surface area contributed by atoms with Crippen LogP contribution in [0.5, 0.6) is 0 Å². The molecule has 3 rings (SSSR count). The van der Waals surface area contributed by atoms with Crippen molar-refractivity contribution in [1.29, 1.82) is 0 Å². The molecule has 1 aromatic carbocycles. The number of aromatic nitrogens is 2. The van der Waals surface area contributed by atoms with Crippen LogP contribution in [0.3, 0.4) is 0 Å². The molecule has 94 valence electrons. The average molecular weight is 309 g/mol. The van der Waals surface area contributed by atoms with E-state index in [9.17, 15) is 4.39 Å². The number of imidazole rings is 1. The quantitative estimate of drug-likeness (QED) is 0.795. The Labute approximate surface area is 114 Å². The van der Waals surface area contributed by atoms with Gasteiger partial charge in [0, 0.05) is 28.5 Å². The molecule has 0 radical (unpaired) electrons. The zero-order valence-corrected chi connectivity index (χ0v) is 11.5. The summed E-state index contributed by atoms with van der Waals surface area (Å²) in [6.45, 7) is 0. The fourth-order valence-corrected chi connectivity index (χ4v) is 3.16. The predicted octanol–water partition coefficient (Wildman–Crippen LogP) is 4.57. The van der Waals surface area contributed by atoms with Crippen molar-refractivity contribution < 1.29 is 4.39 Å². The van der Waals surface area contributed by atoms with Crippen LogP contribution in [-0.4, -0.2) is 9.55 Å². The van der Waals surface area contributed by atoms with Gasteiger partial charge in [0.2, 0.25) is 0 Å². The molecule has 0 amide bonds. The molecule has 1 aromatic heterocycles. The Kier molecular flexibility index (Phi) is 3.20. The molecular formula is C14H14BrFN2. The zero-order chi connectivity index (χ0) is 12.5. The number of benzene rings is 1. The molecule has 1 aliphatic carbocycles. The number of hydrogen-bond acceptors (Lipinski definition) is 1. The van der Waals surface area contributed by atoms with E-state index in [1.54, 1.807) is 12.3 Å². The van der Waals surface area contributed by atoms with Gasteiger partial charge >= 0.3 is 0 Å². The van der Waals surface area contributed by atoms with E-state index in [0.717, 1.165) is 15.9 Å². The summed E-state index contributed by atoms with van der Waals surface area (Å²) in [6, 6.07) is 5.44. The van der Waals surface area contributed by atoms with Crippen molar-refractivity contribution in [1.82, 2.24) is 9.55 Å². The van der Waals surface area contributed by atoms with Crippen LogP contribution in [0.25, 0.3) is 11.4 Å². The Morgan fingerprint density at radius 3 is 2.72 bits per heavy atom. The van der Waals surface area contributed by atoms with Crippen molar-refractivity contribution >= 4 is 15.9 Å². The minimum atomic E-state index is -0.236. The Hall–Kier alpha value is -1.16. The summed E-state index contributed by atoms with van der Waals surface area (Å²) < 4.78 is 16.4. The molecule has 18 heavy (non-hydrogen) atoms. The molecule has 0 bridgehead atoms. The minimum Gasteiger partial charge on any atom is -0.328 e. The topological polar surface area (TPSA) is 17.8 Å². The maximum Gasteiger partial charge on any atom is 0.140 e. The normalized spacial score (nSPS) is 16.3. The predicted molar refractivity (Wildman–Crippen MR) is 72.8 cm³/mol. The Balaban J connectivity index is 2.03. The van der Waals surface area contributed by atoms with E-state index in [1.165, 1.54) is 31.7 Å². The number of nitrogens with zero attached hydrogens (tertiary/aromatic N) is 2. The van der Waals surface area contributed by atoms with Crippen molar-refractivity contribution in [3.05, 3.63) is 40.9 Å². The third-order valence-electron chi connectivity index (χ3n) is 3.51. The lowest BCUT2D eigenvalue weighted by molar-refractivity contribution is 0.523. The molecule has 0 aliphatic heterocycles. The van der Waals surface area contributed by atoms with Crippen LogP contribution in [0, 0.1) is 5.82 Å². The summed E-state index contributed by atoms with van der Waals surface area (Å²) in [5.74, 6) is 0.627. The molecule has 0 spiro atoms. The lowest BCUT2D eigenvalue weighted by atomic mass is 10.2. The van der Waals surface area contributed by atoms with Gasteiger partial charge in [-0.1, -0.05) is 28.8 Å². The third kappa shape index (κ3) is 2.21. The molecule has 2 aromatic rings. The molecule has 1 aliphatic rings. The Morgan fingerprint density at radius 2 is 2.00 bits per heavy atom. The standard InChI is InChI=1S/C14H14BrFN2/c15-11-7-10(8-12(16)9-11)14-17-5-6-18(14)13-3-1-2-4-13/h5-9,13H,1-4H2. The van der Waals surface area contributed by atoms with Gasteiger partial charge in [0.1, 0.15) is 11.6 Å². The van der Waals surface area contributed by atoms with E-state index in [1.807, 2.05) is 12.3 Å². The lowest BCUT2D eigenvalue weighted by Gasteiger charge is -2.15. The van der Waals surface area contributed by atoms with E-state index in [4.69, 9.17) is 0 Å². The second kappa shape index (κ2) is 4.84. The van der Waals surface area contributed by atoms with E-state index in [0.29, 0.717) is 6.04 Å². The molecule has 1 heterocycles.